The second-order valence-corrected chi connectivity index (χ2v) is 8.12. The highest BCUT2D eigenvalue weighted by atomic mass is 79.9. The number of rotatable bonds is 6. The number of hydrogen-bond donors (Lipinski definition) is 1. The summed E-state index contributed by atoms with van der Waals surface area (Å²) < 4.78 is 21.1. The van der Waals surface area contributed by atoms with Gasteiger partial charge in [0.2, 0.25) is 5.88 Å². The van der Waals surface area contributed by atoms with Crippen molar-refractivity contribution in [1.29, 1.82) is 0 Å². The van der Waals surface area contributed by atoms with Crippen molar-refractivity contribution in [3.8, 4) is 5.88 Å². The lowest BCUT2D eigenvalue weighted by atomic mass is 10.1. The third-order valence-electron chi connectivity index (χ3n) is 2.63. The molecule has 0 fully saturated rings. The van der Waals surface area contributed by atoms with Crippen molar-refractivity contribution >= 4 is 27.3 Å². The van der Waals surface area contributed by atoms with Crippen LogP contribution < -0.4 is 9.46 Å². The number of nitrogens with zero attached hydrogens (tertiary/aromatic N) is 1. The summed E-state index contributed by atoms with van der Waals surface area (Å²) in [5, 5.41) is 0. The first kappa shape index (κ1) is 17.5. The number of methoxy groups -OCH3 is 1. The van der Waals surface area contributed by atoms with E-state index in [4.69, 9.17) is 4.74 Å². The van der Waals surface area contributed by atoms with Crippen molar-refractivity contribution in [1.82, 2.24) is 9.71 Å². The lowest BCUT2D eigenvalue weighted by molar-refractivity contribution is 0.385. The van der Waals surface area contributed by atoms with Crippen LogP contribution in [0.4, 0.5) is 0 Å². The van der Waals surface area contributed by atoms with E-state index in [1.165, 1.54) is 0 Å². The fourth-order valence-electron chi connectivity index (χ4n) is 1.57. The lowest BCUT2D eigenvalue weighted by Gasteiger charge is -2.28. The molecule has 1 aromatic rings. The Hall–Kier alpha value is -0.560. The summed E-state index contributed by atoms with van der Waals surface area (Å²) in [5.74, 6) is 0.518. The third kappa shape index (κ3) is 4.77. The minimum absolute atomic E-state index is 0.150. The van der Waals surface area contributed by atoms with E-state index in [1.54, 1.807) is 13.2 Å². The highest BCUT2D eigenvalue weighted by Gasteiger charge is 2.30. The fourth-order valence-corrected chi connectivity index (χ4v) is 2.70. The molecule has 1 unspecified atom stereocenters. The molecule has 20 heavy (non-hydrogen) atoms. The smallest absolute Gasteiger partial charge is 0.219 e. The van der Waals surface area contributed by atoms with E-state index in [0.29, 0.717) is 16.9 Å². The molecule has 112 valence electrons. The zero-order valence-corrected chi connectivity index (χ0v) is 14.7. The van der Waals surface area contributed by atoms with Crippen molar-refractivity contribution in [2.45, 2.75) is 38.0 Å². The number of aromatic nitrogens is 1. The normalized spacial score (nSPS) is 14.7. The molecule has 0 aromatic carbocycles. The van der Waals surface area contributed by atoms with E-state index in [2.05, 4.69) is 32.2 Å². The summed E-state index contributed by atoms with van der Waals surface area (Å²) in [6.07, 6.45) is 2.43. The number of ether oxygens (including phenoxy) is 1. The van der Waals surface area contributed by atoms with Gasteiger partial charge < -0.3 is 9.29 Å². The Morgan fingerprint density at radius 3 is 2.70 bits per heavy atom. The van der Waals surface area contributed by atoms with Crippen molar-refractivity contribution < 1.29 is 9.29 Å². The van der Waals surface area contributed by atoms with Gasteiger partial charge in [0.15, 0.2) is 0 Å². The SMILES string of the molecule is C=CC[C@H](N[S+]([O-])C(C)(C)C)c1ccc(Br)nc1OC. The van der Waals surface area contributed by atoms with Gasteiger partial charge in [-0.3, -0.25) is 0 Å². The van der Waals surface area contributed by atoms with Crippen LogP contribution in [0.2, 0.25) is 0 Å². The number of pyridine rings is 1. The van der Waals surface area contributed by atoms with E-state index in [9.17, 15) is 4.55 Å². The Kier molecular flexibility index (Phi) is 6.51. The van der Waals surface area contributed by atoms with Crippen LogP contribution in [-0.2, 0) is 11.4 Å². The van der Waals surface area contributed by atoms with Crippen LogP contribution >= 0.6 is 15.9 Å². The maximum absolute atomic E-state index is 12.3. The summed E-state index contributed by atoms with van der Waals surface area (Å²) >= 11 is 2.14. The second-order valence-electron chi connectivity index (χ2n) is 5.31. The van der Waals surface area contributed by atoms with E-state index in [1.807, 2.05) is 32.9 Å². The Labute approximate surface area is 132 Å². The van der Waals surface area contributed by atoms with Gasteiger partial charge in [-0.2, -0.15) is 0 Å². The van der Waals surface area contributed by atoms with Gasteiger partial charge in [0, 0.05) is 16.9 Å². The summed E-state index contributed by atoms with van der Waals surface area (Å²) in [7, 11) is 1.57. The van der Waals surface area contributed by atoms with Crippen LogP contribution in [0.25, 0.3) is 0 Å². The molecule has 0 radical (unpaired) electrons. The van der Waals surface area contributed by atoms with Crippen LogP contribution in [0.1, 0.15) is 38.8 Å². The lowest BCUT2D eigenvalue weighted by Crippen LogP contribution is -2.41. The van der Waals surface area contributed by atoms with Gasteiger partial charge >= 0.3 is 0 Å². The molecule has 0 amide bonds. The van der Waals surface area contributed by atoms with Gasteiger partial charge in [0.25, 0.3) is 0 Å². The quantitative estimate of drug-likeness (QED) is 0.479. The topological polar surface area (TPSA) is 57.2 Å². The van der Waals surface area contributed by atoms with Crippen LogP contribution in [0.15, 0.2) is 29.4 Å². The first-order valence-electron chi connectivity index (χ1n) is 6.29. The largest absolute Gasteiger partial charge is 0.598 e. The van der Waals surface area contributed by atoms with E-state index in [0.717, 1.165) is 5.56 Å². The molecule has 0 aliphatic heterocycles. The Balaban J connectivity index is 3.05. The molecule has 1 N–H and O–H groups in total. The average molecular weight is 361 g/mol. The fraction of sp³-hybridized carbons (Fsp3) is 0.500. The van der Waals surface area contributed by atoms with E-state index in [-0.39, 0.29) is 10.8 Å². The molecule has 0 spiro atoms. The molecule has 0 aliphatic rings. The molecule has 1 aromatic heterocycles. The number of hydrogen-bond acceptors (Lipinski definition) is 4. The van der Waals surface area contributed by atoms with Crippen molar-refractivity contribution in [2.24, 2.45) is 0 Å². The van der Waals surface area contributed by atoms with Crippen LogP contribution in [0.5, 0.6) is 5.88 Å². The predicted octanol–water partition coefficient (Wildman–Crippen LogP) is 3.52. The zero-order chi connectivity index (χ0) is 15.3. The van der Waals surface area contributed by atoms with E-state index >= 15 is 0 Å². The molecule has 1 rings (SSSR count). The van der Waals surface area contributed by atoms with Gasteiger partial charge in [0.1, 0.15) is 9.35 Å². The van der Waals surface area contributed by atoms with Gasteiger partial charge in [0.05, 0.1) is 13.2 Å². The first-order chi connectivity index (χ1) is 9.29. The highest BCUT2D eigenvalue weighted by Crippen LogP contribution is 2.29. The van der Waals surface area contributed by atoms with Crippen LogP contribution in [0.3, 0.4) is 0 Å². The molecule has 2 atom stereocenters. The second kappa shape index (κ2) is 7.45. The van der Waals surface area contributed by atoms with Crippen molar-refractivity contribution in [3.05, 3.63) is 35.0 Å². The molecular weight excluding hydrogens is 340 g/mol. The molecule has 0 bridgehead atoms. The average Bonchev–Trinajstić information content (AvgIpc) is 2.36. The Bertz CT molecular complexity index is 463. The summed E-state index contributed by atoms with van der Waals surface area (Å²) in [6, 6.07) is 3.61. The molecule has 0 saturated carbocycles. The molecule has 0 aliphatic carbocycles. The molecule has 4 nitrogen and oxygen atoms in total. The van der Waals surface area contributed by atoms with Crippen molar-refractivity contribution in [3.63, 3.8) is 0 Å². The Morgan fingerprint density at radius 1 is 1.55 bits per heavy atom. The van der Waals surface area contributed by atoms with E-state index < -0.39 is 11.4 Å². The standard InChI is InChI=1S/C14H21BrN2O2S/c1-6-7-11(17-20(18)14(2,3)4)10-8-9-12(15)16-13(10)19-5/h6,8-9,11,17H,1,7H2,2-5H3/t11-,20?/m0/s1. The van der Waals surface area contributed by atoms with Gasteiger partial charge in [-0.15, -0.1) is 11.3 Å². The summed E-state index contributed by atoms with van der Waals surface area (Å²) in [4.78, 5) is 4.29. The maximum Gasteiger partial charge on any atom is 0.219 e. The van der Waals surface area contributed by atoms with Crippen molar-refractivity contribution in [2.75, 3.05) is 7.11 Å². The summed E-state index contributed by atoms with van der Waals surface area (Å²) in [6.45, 7) is 9.55. The third-order valence-corrected chi connectivity index (χ3v) is 4.68. The molecule has 6 heteroatoms. The van der Waals surface area contributed by atoms with Gasteiger partial charge in [-0.05, 0) is 55.3 Å². The molecular formula is C14H21BrN2O2S. The summed E-state index contributed by atoms with van der Waals surface area (Å²) in [5.41, 5.74) is 0.869. The number of halogens is 1. The van der Waals surface area contributed by atoms with Crippen LogP contribution in [0, 0.1) is 0 Å². The maximum atomic E-state index is 12.3. The highest BCUT2D eigenvalue weighted by molar-refractivity contribution is 9.10. The van der Waals surface area contributed by atoms with Gasteiger partial charge in [-0.1, -0.05) is 6.08 Å². The Morgan fingerprint density at radius 2 is 2.20 bits per heavy atom. The van der Waals surface area contributed by atoms with Crippen LogP contribution in [-0.4, -0.2) is 21.4 Å². The minimum Gasteiger partial charge on any atom is -0.598 e. The van der Waals surface area contributed by atoms with Gasteiger partial charge in [-0.25, -0.2) is 4.98 Å². The number of nitrogens with one attached hydrogen (secondary N) is 1. The zero-order valence-electron chi connectivity index (χ0n) is 12.3. The molecule has 0 saturated heterocycles. The molecule has 1 heterocycles. The minimum atomic E-state index is -1.18. The first-order valence-corrected chi connectivity index (χ1v) is 8.23. The predicted molar refractivity (Wildman–Crippen MR) is 87.1 cm³/mol. The monoisotopic (exact) mass is 360 g/mol.